The quantitative estimate of drug-likeness (QED) is 0.420. The molecule has 0 saturated carbocycles. The highest BCUT2D eigenvalue weighted by molar-refractivity contribution is 7.89. The van der Waals surface area contributed by atoms with Crippen LogP contribution in [0.2, 0.25) is 0 Å². The Labute approximate surface area is 147 Å². The Kier molecular flexibility index (Phi) is 4.17. The van der Waals surface area contributed by atoms with E-state index in [4.69, 9.17) is 4.55 Å². The zero-order chi connectivity index (χ0) is 19.3. The van der Waals surface area contributed by atoms with Gasteiger partial charge in [0.25, 0.3) is 0 Å². The molecule has 0 radical (unpaired) electrons. The molecule has 0 aromatic heterocycles. The second-order valence-electron chi connectivity index (χ2n) is 5.21. The molecule has 0 saturated heterocycles. The predicted octanol–water partition coefficient (Wildman–Crippen LogP) is 0.379. The third kappa shape index (κ3) is 3.11. The molecule has 26 heavy (non-hydrogen) atoms. The van der Waals surface area contributed by atoms with Crippen LogP contribution in [0, 0.1) is 0 Å². The largest absolute Gasteiger partial charge is 0.374 e. The fraction of sp³-hybridized carbons (Fsp3) is 0. The van der Waals surface area contributed by atoms with Crippen LogP contribution in [0.15, 0.2) is 42.5 Å². The number of ketones is 2. The van der Waals surface area contributed by atoms with Gasteiger partial charge in [0, 0.05) is 16.7 Å². The number of carbonyl (C=O) groups is 2. The maximum atomic E-state index is 12.8. The van der Waals surface area contributed by atoms with E-state index in [0.717, 1.165) is 6.07 Å². The number of nitrogens with one attached hydrogen (secondary N) is 1. The summed E-state index contributed by atoms with van der Waals surface area (Å²) in [5.41, 5.74) is -1.18. The van der Waals surface area contributed by atoms with Crippen LogP contribution in [0.1, 0.15) is 31.8 Å². The number of hydrazine groups is 1. The second-order valence-corrected chi connectivity index (χ2v) is 7.61. The normalized spacial score (nSPS) is 13.9. The van der Waals surface area contributed by atoms with Gasteiger partial charge in [-0.3, -0.25) is 18.7 Å². The van der Waals surface area contributed by atoms with Gasteiger partial charge in [-0.25, -0.2) is 0 Å². The van der Waals surface area contributed by atoms with Gasteiger partial charge in [-0.2, -0.15) is 21.2 Å². The molecule has 0 spiro atoms. The molecular weight excluding hydrogens is 388 g/mol. The summed E-state index contributed by atoms with van der Waals surface area (Å²) in [4.78, 5) is 26.6. The molecular formula is C14H10N2O8S2. The van der Waals surface area contributed by atoms with Gasteiger partial charge in [-0.15, -0.1) is 0 Å². The lowest BCUT2D eigenvalue weighted by molar-refractivity contribution is 0.0979. The van der Waals surface area contributed by atoms with Crippen molar-refractivity contribution in [1.29, 1.82) is 0 Å². The molecule has 3 N–H and O–H groups in total. The van der Waals surface area contributed by atoms with Crippen LogP contribution in [0.5, 0.6) is 0 Å². The Morgan fingerprint density at radius 2 is 1.31 bits per heavy atom. The lowest BCUT2D eigenvalue weighted by Crippen LogP contribution is -2.46. The molecule has 0 bridgehead atoms. The molecule has 10 nitrogen and oxygen atoms in total. The zero-order valence-corrected chi connectivity index (χ0v) is 14.3. The summed E-state index contributed by atoms with van der Waals surface area (Å²) in [7, 11) is -10.4. The van der Waals surface area contributed by atoms with Crippen LogP contribution < -0.4 is 9.25 Å². The SMILES string of the molecule is O=C1c2ccccc2C(=O)c2c1cccc2N(NS(=O)(=O)O)S(=O)(=O)O. The molecule has 3 rings (SSSR count). The number of rotatable bonds is 4. The Balaban J connectivity index is 2.30. The van der Waals surface area contributed by atoms with E-state index in [1.807, 2.05) is 0 Å². The highest BCUT2D eigenvalue weighted by Gasteiger charge is 2.36. The molecule has 2 aromatic carbocycles. The number of carbonyl (C=O) groups excluding carboxylic acids is 2. The zero-order valence-electron chi connectivity index (χ0n) is 12.6. The van der Waals surface area contributed by atoms with Gasteiger partial charge in [-0.05, 0) is 6.07 Å². The summed E-state index contributed by atoms with van der Waals surface area (Å²) in [6.07, 6.45) is 0. The van der Waals surface area contributed by atoms with Crippen molar-refractivity contribution < 1.29 is 35.5 Å². The van der Waals surface area contributed by atoms with Crippen molar-refractivity contribution in [3.63, 3.8) is 0 Å². The van der Waals surface area contributed by atoms with Gasteiger partial charge in [0.15, 0.2) is 11.6 Å². The summed E-state index contributed by atoms with van der Waals surface area (Å²) >= 11 is 0. The van der Waals surface area contributed by atoms with Crippen LogP contribution >= 0.6 is 0 Å². The fourth-order valence-corrected chi connectivity index (χ4v) is 3.99. The van der Waals surface area contributed by atoms with Crippen LogP contribution in [-0.4, -0.2) is 37.5 Å². The number of benzene rings is 2. The predicted molar refractivity (Wildman–Crippen MR) is 88.5 cm³/mol. The van der Waals surface area contributed by atoms with Crippen molar-refractivity contribution in [2.45, 2.75) is 0 Å². The van der Waals surface area contributed by atoms with E-state index in [9.17, 15) is 31.0 Å². The van der Waals surface area contributed by atoms with Gasteiger partial charge in [0.1, 0.15) is 0 Å². The monoisotopic (exact) mass is 398 g/mol. The molecule has 0 aliphatic heterocycles. The Bertz CT molecular complexity index is 1160. The molecule has 0 unspecified atom stereocenters. The average molecular weight is 398 g/mol. The standard InChI is InChI=1S/C14H10N2O8S2/c17-13-8-4-1-2-5-9(8)14(18)12-10(13)6-3-7-11(12)16(26(22,23)24)15-25(19,20)21/h1-7,15H,(H,19,20,21)(H,22,23,24). The van der Waals surface area contributed by atoms with Gasteiger partial charge in [-0.1, -0.05) is 41.2 Å². The minimum atomic E-state index is -5.28. The van der Waals surface area contributed by atoms with Gasteiger partial charge in [0.05, 0.1) is 11.3 Å². The van der Waals surface area contributed by atoms with E-state index in [-0.39, 0.29) is 21.1 Å². The lowest BCUT2D eigenvalue weighted by atomic mass is 9.83. The molecule has 2 aromatic rings. The highest BCUT2D eigenvalue weighted by atomic mass is 32.2. The van der Waals surface area contributed by atoms with Crippen molar-refractivity contribution in [1.82, 2.24) is 4.83 Å². The molecule has 1 aliphatic rings. The summed E-state index contributed by atoms with van der Waals surface area (Å²) in [6.45, 7) is 0. The van der Waals surface area contributed by atoms with Crippen LogP contribution in [0.25, 0.3) is 0 Å². The molecule has 0 atom stereocenters. The summed E-state index contributed by atoms with van der Waals surface area (Å²) in [5.74, 6) is -1.34. The van der Waals surface area contributed by atoms with E-state index < -0.39 is 43.4 Å². The number of nitrogens with zero attached hydrogens (tertiary/aromatic N) is 1. The van der Waals surface area contributed by atoms with Crippen molar-refractivity contribution in [2.75, 3.05) is 4.41 Å². The molecule has 0 fully saturated rings. The van der Waals surface area contributed by atoms with Crippen LogP contribution in [0.4, 0.5) is 5.69 Å². The van der Waals surface area contributed by atoms with Crippen molar-refractivity contribution >= 4 is 37.9 Å². The molecule has 12 heteroatoms. The maximum Gasteiger partial charge on any atom is 0.374 e. The summed E-state index contributed by atoms with van der Waals surface area (Å²) < 4.78 is 63.1. The first-order valence-corrected chi connectivity index (χ1v) is 9.68. The fourth-order valence-electron chi connectivity index (χ4n) is 2.62. The lowest BCUT2D eigenvalue weighted by Gasteiger charge is -2.25. The molecule has 1 aliphatic carbocycles. The first-order chi connectivity index (χ1) is 12.0. The Hall–Kier alpha value is -2.64. The highest BCUT2D eigenvalue weighted by Crippen LogP contribution is 2.34. The Morgan fingerprint density at radius 3 is 1.85 bits per heavy atom. The van der Waals surface area contributed by atoms with E-state index in [0.29, 0.717) is 0 Å². The third-order valence-corrected chi connectivity index (χ3v) is 4.86. The van der Waals surface area contributed by atoms with Crippen molar-refractivity contribution in [3.05, 3.63) is 64.7 Å². The van der Waals surface area contributed by atoms with Crippen LogP contribution in [0.3, 0.4) is 0 Å². The first-order valence-electron chi connectivity index (χ1n) is 6.85. The molecule has 136 valence electrons. The number of fused-ring (bicyclic) bond motifs is 2. The topological polar surface area (TPSA) is 158 Å². The maximum absolute atomic E-state index is 12.8. The minimum absolute atomic E-state index is 0.0143. The number of hydrogen-bond acceptors (Lipinski definition) is 6. The second kappa shape index (κ2) is 5.96. The van der Waals surface area contributed by atoms with E-state index in [1.165, 1.54) is 35.2 Å². The summed E-state index contributed by atoms with van der Waals surface area (Å²) in [6, 6.07) is 9.24. The van der Waals surface area contributed by atoms with Crippen LogP contribution in [-0.2, 0) is 20.6 Å². The van der Waals surface area contributed by atoms with E-state index in [2.05, 4.69) is 0 Å². The Morgan fingerprint density at radius 1 is 0.769 bits per heavy atom. The van der Waals surface area contributed by atoms with E-state index >= 15 is 0 Å². The molecule has 0 heterocycles. The number of anilines is 1. The third-order valence-electron chi connectivity index (χ3n) is 3.58. The first kappa shape index (κ1) is 18.2. The number of hydrogen-bond donors (Lipinski definition) is 3. The van der Waals surface area contributed by atoms with Gasteiger partial charge >= 0.3 is 20.6 Å². The van der Waals surface area contributed by atoms with E-state index in [1.54, 1.807) is 6.07 Å². The smallest absolute Gasteiger partial charge is 0.289 e. The summed E-state index contributed by atoms with van der Waals surface area (Å²) in [5, 5.41) is 0. The van der Waals surface area contributed by atoms with Gasteiger partial charge in [0.2, 0.25) is 0 Å². The van der Waals surface area contributed by atoms with Crippen molar-refractivity contribution in [2.24, 2.45) is 0 Å². The van der Waals surface area contributed by atoms with Gasteiger partial charge < -0.3 is 0 Å². The minimum Gasteiger partial charge on any atom is -0.289 e. The molecule has 0 amide bonds. The van der Waals surface area contributed by atoms with Crippen molar-refractivity contribution in [3.8, 4) is 0 Å². The average Bonchev–Trinajstić information content (AvgIpc) is 2.55.